The maximum absolute atomic E-state index is 5.42. The largest absolute Gasteiger partial charge is 0.309 e. The minimum absolute atomic E-state index is 0.519. The van der Waals surface area contributed by atoms with Gasteiger partial charge in [-0.05, 0) is 81.9 Å². The fourth-order valence-electron chi connectivity index (χ4n) is 10.5. The molecule has 0 saturated carbocycles. The lowest BCUT2D eigenvalue weighted by Gasteiger charge is -2.33. The monoisotopic (exact) mass is 803 g/mol. The molecule has 0 saturated heterocycles. The molecule has 0 bridgehead atoms. The van der Waals surface area contributed by atoms with Gasteiger partial charge in [0.1, 0.15) is 0 Å². The van der Waals surface area contributed by atoms with E-state index in [1.54, 1.807) is 0 Å². The van der Waals surface area contributed by atoms with Crippen LogP contribution in [-0.2, 0) is 5.41 Å². The fraction of sp³-hybridized carbons (Fsp3) is 0.0172. The molecule has 0 fully saturated rings. The lowest BCUT2D eigenvalue weighted by molar-refractivity contribution is 0.769. The molecule has 0 spiro atoms. The van der Waals surface area contributed by atoms with Crippen LogP contribution in [0.25, 0.3) is 89.2 Å². The Hall–Kier alpha value is -8.41. The molecule has 63 heavy (non-hydrogen) atoms. The number of hydrogen-bond donors (Lipinski definition) is 0. The first-order chi connectivity index (χ1) is 31.3. The second-order valence-corrected chi connectivity index (χ2v) is 16.3. The van der Waals surface area contributed by atoms with E-state index in [1.807, 2.05) is 18.2 Å². The maximum Gasteiger partial charge on any atom is 0.238 e. The topological polar surface area (TPSA) is 48.5 Å². The molecule has 0 atom stereocenters. The van der Waals surface area contributed by atoms with Crippen molar-refractivity contribution in [2.45, 2.75) is 5.41 Å². The van der Waals surface area contributed by atoms with Gasteiger partial charge >= 0.3 is 0 Å². The summed E-state index contributed by atoms with van der Waals surface area (Å²) >= 11 is 0. The summed E-state index contributed by atoms with van der Waals surface area (Å²) in [5.74, 6) is 1.80. The molecule has 0 unspecified atom stereocenters. The molecule has 0 N–H and O–H groups in total. The third kappa shape index (κ3) is 5.14. The Labute approximate surface area is 363 Å². The third-order valence-electron chi connectivity index (χ3n) is 13.1. The summed E-state index contributed by atoms with van der Waals surface area (Å²) in [5, 5.41) is 4.65. The molecule has 3 heterocycles. The number of hydrogen-bond acceptors (Lipinski definition) is 3. The van der Waals surface area contributed by atoms with Crippen molar-refractivity contribution in [1.29, 1.82) is 0 Å². The predicted molar refractivity (Wildman–Crippen MR) is 257 cm³/mol. The van der Waals surface area contributed by atoms with Gasteiger partial charge in [0, 0.05) is 38.4 Å². The quantitative estimate of drug-likeness (QED) is 0.168. The van der Waals surface area contributed by atoms with Gasteiger partial charge in [0.05, 0.1) is 27.5 Å². The Bertz CT molecular complexity index is 3680. The molecule has 13 rings (SSSR count). The fourth-order valence-corrected chi connectivity index (χ4v) is 10.5. The van der Waals surface area contributed by atoms with Gasteiger partial charge in [0.2, 0.25) is 5.95 Å². The van der Waals surface area contributed by atoms with Crippen LogP contribution in [0.4, 0.5) is 0 Å². The lowest BCUT2D eigenvalue weighted by Crippen LogP contribution is -2.28. The zero-order valence-electron chi connectivity index (χ0n) is 34.1. The molecule has 0 amide bonds. The predicted octanol–water partition coefficient (Wildman–Crippen LogP) is 13.8. The van der Waals surface area contributed by atoms with Gasteiger partial charge < -0.3 is 4.57 Å². The maximum atomic E-state index is 5.42. The summed E-state index contributed by atoms with van der Waals surface area (Å²) in [4.78, 5) is 16.0. The van der Waals surface area contributed by atoms with Crippen molar-refractivity contribution < 1.29 is 0 Å². The zero-order chi connectivity index (χ0) is 41.5. The van der Waals surface area contributed by atoms with Crippen LogP contribution in [0.3, 0.4) is 0 Å². The van der Waals surface area contributed by atoms with E-state index in [-0.39, 0.29) is 0 Å². The van der Waals surface area contributed by atoms with Gasteiger partial charge in [-0.25, -0.2) is 4.98 Å². The van der Waals surface area contributed by atoms with Crippen molar-refractivity contribution in [1.82, 2.24) is 24.1 Å². The van der Waals surface area contributed by atoms with E-state index in [1.165, 1.54) is 44.2 Å². The molecule has 9 aromatic carbocycles. The molecule has 1 aliphatic rings. The standard InChI is InChI=1S/C58H37N5/c1-5-19-38(20-6-1)55-59-56(39-33-35-51-46(37-39)43-27-14-17-31-49(43)62(51)42-25-11-4-12-26-42)61-57(60-55)63-50-32-18-15-29-45(50)54-52(63)36-34-48-53(54)44-28-13-16-30-47(44)58(48,40-21-7-2-8-22-40)41-23-9-3-10-24-41/h1-37H. The Morgan fingerprint density at radius 3 is 1.60 bits per heavy atom. The highest BCUT2D eigenvalue weighted by molar-refractivity contribution is 6.18. The molecular weight excluding hydrogens is 767 g/mol. The lowest BCUT2D eigenvalue weighted by atomic mass is 9.67. The summed E-state index contributed by atoms with van der Waals surface area (Å²) in [7, 11) is 0. The van der Waals surface area contributed by atoms with E-state index in [4.69, 9.17) is 15.0 Å². The average Bonchev–Trinajstić information content (AvgIpc) is 3.99. The van der Waals surface area contributed by atoms with Crippen LogP contribution in [0.2, 0.25) is 0 Å². The molecule has 5 heteroatoms. The highest BCUT2D eigenvalue weighted by Crippen LogP contribution is 2.58. The van der Waals surface area contributed by atoms with Gasteiger partial charge in [0.15, 0.2) is 11.6 Å². The normalized spacial score (nSPS) is 12.9. The molecule has 12 aromatic rings. The number of para-hydroxylation sites is 3. The van der Waals surface area contributed by atoms with Gasteiger partial charge in [-0.2, -0.15) is 9.97 Å². The number of nitrogens with zero attached hydrogens (tertiary/aromatic N) is 5. The van der Waals surface area contributed by atoms with Gasteiger partial charge in [0.25, 0.3) is 0 Å². The second kappa shape index (κ2) is 13.8. The summed E-state index contributed by atoms with van der Waals surface area (Å²) in [6.07, 6.45) is 0. The number of rotatable bonds is 6. The van der Waals surface area contributed by atoms with Crippen LogP contribution in [0.5, 0.6) is 0 Å². The van der Waals surface area contributed by atoms with Crippen LogP contribution >= 0.6 is 0 Å². The first-order valence-electron chi connectivity index (χ1n) is 21.5. The first kappa shape index (κ1) is 35.4. The molecule has 0 radical (unpaired) electrons. The minimum Gasteiger partial charge on any atom is -0.309 e. The number of fused-ring (bicyclic) bond motifs is 10. The van der Waals surface area contributed by atoms with Crippen LogP contribution in [0.15, 0.2) is 224 Å². The van der Waals surface area contributed by atoms with E-state index in [9.17, 15) is 0 Å². The second-order valence-electron chi connectivity index (χ2n) is 16.3. The van der Waals surface area contributed by atoms with E-state index >= 15 is 0 Å². The van der Waals surface area contributed by atoms with E-state index in [2.05, 4.69) is 215 Å². The minimum atomic E-state index is -0.519. The number of benzene rings is 9. The van der Waals surface area contributed by atoms with Crippen molar-refractivity contribution in [2.75, 3.05) is 0 Å². The van der Waals surface area contributed by atoms with Crippen LogP contribution in [-0.4, -0.2) is 24.1 Å². The number of aromatic nitrogens is 5. The van der Waals surface area contributed by atoms with E-state index in [0.717, 1.165) is 49.7 Å². The molecule has 3 aromatic heterocycles. The summed E-state index contributed by atoms with van der Waals surface area (Å²) in [6.45, 7) is 0. The molecule has 294 valence electrons. The molecule has 1 aliphatic carbocycles. The summed E-state index contributed by atoms with van der Waals surface area (Å²) in [5.41, 5.74) is 14.3. The summed E-state index contributed by atoms with van der Waals surface area (Å²) < 4.78 is 4.58. The van der Waals surface area contributed by atoms with E-state index < -0.39 is 5.41 Å². The van der Waals surface area contributed by atoms with Crippen molar-refractivity contribution in [3.05, 3.63) is 247 Å². The van der Waals surface area contributed by atoms with Crippen molar-refractivity contribution in [3.63, 3.8) is 0 Å². The Balaban J connectivity index is 1.09. The average molecular weight is 804 g/mol. The van der Waals surface area contributed by atoms with Crippen molar-refractivity contribution in [3.8, 4) is 45.5 Å². The Morgan fingerprint density at radius 1 is 0.349 bits per heavy atom. The smallest absolute Gasteiger partial charge is 0.238 e. The van der Waals surface area contributed by atoms with Gasteiger partial charge in [-0.1, -0.05) is 176 Å². The highest BCUT2D eigenvalue weighted by Gasteiger charge is 2.47. The Kier molecular flexibility index (Phi) is 7.75. The van der Waals surface area contributed by atoms with Crippen molar-refractivity contribution in [2.24, 2.45) is 0 Å². The van der Waals surface area contributed by atoms with Gasteiger partial charge in [-0.3, -0.25) is 4.57 Å². The Morgan fingerprint density at radius 2 is 0.889 bits per heavy atom. The summed E-state index contributed by atoms with van der Waals surface area (Å²) in [6, 6.07) is 80.3. The molecule has 5 nitrogen and oxygen atoms in total. The molecule has 0 aliphatic heterocycles. The third-order valence-corrected chi connectivity index (χ3v) is 13.1. The first-order valence-corrected chi connectivity index (χ1v) is 21.5. The van der Waals surface area contributed by atoms with Crippen LogP contribution in [0.1, 0.15) is 22.3 Å². The van der Waals surface area contributed by atoms with Crippen molar-refractivity contribution >= 4 is 43.6 Å². The van der Waals surface area contributed by atoms with E-state index in [0.29, 0.717) is 17.6 Å². The highest BCUT2D eigenvalue weighted by atomic mass is 15.2. The van der Waals surface area contributed by atoms with Gasteiger partial charge in [-0.15, -0.1) is 0 Å². The van der Waals surface area contributed by atoms with Crippen LogP contribution < -0.4 is 0 Å². The zero-order valence-corrected chi connectivity index (χ0v) is 34.1. The molecular formula is C58H37N5. The SMILES string of the molecule is c1ccc(-c2nc(-c3ccc4c(c3)c3ccccc3n4-c3ccccc3)nc(-n3c4ccccc4c4c5c(ccc43)C(c3ccccc3)(c3ccccc3)c3ccccc3-5)n2)cc1. The van der Waals surface area contributed by atoms with Crippen LogP contribution in [0, 0.1) is 0 Å².